The van der Waals surface area contributed by atoms with Gasteiger partial charge in [-0.1, -0.05) is 29.4 Å². The lowest BCUT2D eigenvalue weighted by atomic mass is 10.1. The van der Waals surface area contributed by atoms with Crippen molar-refractivity contribution in [2.75, 3.05) is 13.7 Å². The van der Waals surface area contributed by atoms with Gasteiger partial charge in [-0.2, -0.15) is 0 Å². The second kappa shape index (κ2) is 7.07. The Morgan fingerprint density at radius 3 is 2.20 bits per heavy atom. The summed E-state index contributed by atoms with van der Waals surface area (Å²) in [5, 5.41) is 3.76. The first-order chi connectivity index (χ1) is 12.1. The molecule has 7 heteroatoms. The topological polar surface area (TPSA) is 95.4 Å². The minimum Gasteiger partial charge on any atom is -0.497 e. The fraction of sp³-hybridized carbons (Fsp3) is 0.222. The number of hydrogen-bond donors (Lipinski definition) is 0. The summed E-state index contributed by atoms with van der Waals surface area (Å²) in [6, 6.07) is 13.5. The van der Waals surface area contributed by atoms with Crippen LogP contribution < -0.4 is 4.74 Å². The molecule has 0 N–H and O–H groups in total. The maximum atomic E-state index is 12.4. The number of ether oxygens (including phenoxy) is 1. The molecule has 25 heavy (non-hydrogen) atoms. The average molecular weight is 336 g/mol. The fourth-order valence-corrected chi connectivity index (χ4v) is 2.86. The molecule has 1 aliphatic heterocycles. The van der Waals surface area contributed by atoms with E-state index in [2.05, 4.69) is 10.0 Å². The highest BCUT2D eigenvalue weighted by Gasteiger charge is 2.36. The van der Waals surface area contributed by atoms with E-state index in [0.717, 1.165) is 16.2 Å². The smallest absolute Gasteiger partial charge is 0.261 e. The summed E-state index contributed by atoms with van der Waals surface area (Å²) in [4.78, 5) is 28.9. The van der Waals surface area contributed by atoms with Gasteiger partial charge in [-0.3, -0.25) is 14.5 Å². The first-order valence-electron chi connectivity index (χ1n) is 7.76. The highest BCUT2D eigenvalue weighted by Crippen LogP contribution is 2.23. The predicted octanol–water partition coefficient (Wildman–Crippen LogP) is 3.21. The van der Waals surface area contributed by atoms with Crippen LogP contribution in [0.1, 0.15) is 26.3 Å². The van der Waals surface area contributed by atoms with E-state index in [9.17, 15) is 9.59 Å². The second-order valence-corrected chi connectivity index (χ2v) is 5.68. The van der Waals surface area contributed by atoms with E-state index in [1.54, 1.807) is 31.4 Å². The second-order valence-electron chi connectivity index (χ2n) is 5.68. The van der Waals surface area contributed by atoms with Crippen LogP contribution in [0.15, 0.2) is 53.6 Å². The molecule has 0 aromatic heterocycles. The van der Waals surface area contributed by atoms with Crippen LogP contribution in [0.3, 0.4) is 0 Å². The van der Waals surface area contributed by atoms with Gasteiger partial charge in [-0.05, 0) is 41.8 Å². The van der Waals surface area contributed by atoms with Crippen molar-refractivity contribution in [2.45, 2.75) is 12.5 Å². The van der Waals surface area contributed by atoms with Gasteiger partial charge in [-0.25, -0.2) is 0 Å². The molecule has 3 rings (SSSR count). The number of azide groups is 1. The molecular weight excluding hydrogens is 320 g/mol. The average Bonchev–Trinajstić information content (AvgIpc) is 2.88. The molecule has 1 aliphatic rings. The Bertz CT molecular complexity index is 822. The van der Waals surface area contributed by atoms with Gasteiger partial charge in [0.25, 0.3) is 11.8 Å². The zero-order chi connectivity index (χ0) is 17.8. The molecule has 0 saturated carbocycles. The molecule has 1 heterocycles. The Labute approximate surface area is 144 Å². The SMILES string of the molecule is COc1ccc(C[C@@H](CN2C(=O)c3ccccc3C2=O)N=[N+]=[N-])cc1. The first kappa shape index (κ1) is 16.5. The molecule has 0 spiro atoms. The van der Waals surface area contributed by atoms with E-state index < -0.39 is 6.04 Å². The van der Waals surface area contributed by atoms with Gasteiger partial charge in [0.2, 0.25) is 0 Å². The lowest BCUT2D eigenvalue weighted by molar-refractivity contribution is 0.0645. The van der Waals surface area contributed by atoms with Gasteiger partial charge in [0.1, 0.15) is 5.75 Å². The highest BCUT2D eigenvalue weighted by atomic mass is 16.5. The summed E-state index contributed by atoms with van der Waals surface area (Å²) in [6.07, 6.45) is 0.418. The molecule has 2 aromatic carbocycles. The Morgan fingerprint density at radius 1 is 1.08 bits per heavy atom. The van der Waals surface area contributed by atoms with Crippen molar-refractivity contribution in [2.24, 2.45) is 5.11 Å². The van der Waals surface area contributed by atoms with E-state index in [1.165, 1.54) is 0 Å². The van der Waals surface area contributed by atoms with Crippen LogP contribution >= 0.6 is 0 Å². The number of carbonyl (C=O) groups is 2. The van der Waals surface area contributed by atoms with Gasteiger partial charge < -0.3 is 4.74 Å². The minimum atomic E-state index is -0.541. The largest absolute Gasteiger partial charge is 0.497 e. The molecule has 0 aliphatic carbocycles. The number of nitrogens with zero attached hydrogens (tertiary/aromatic N) is 4. The van der Waals surface area contributed by atoms with E-state index in [4.69, 9.17) is 10.3 Å². The quantitative estimate of drug-likeness (QED) is 0.351. The first-order valence-corrected chi connectivity index (χ1v) is 7.76. The number of amides is 2. The Hall–Kier alpha value is -3.31. The molecule has 2 aromatic rings. The van der Waals surface area contributed by atoms with Crippen molar-refractivity contribution in [1.82, 2.24) is 4.90 Å². The number of imide groups is 1. The van der Waals surface area contributed by atoms with Gasteiger partial charge in [0.15, 0.2) is 0 Å². The minimum absolute atomic E-state index is 0.0441. The van der Waals surface area contributed by atoms with Crippen LogP contribution in [0.5, 0.6) is 5.75 Å². The third-order valence-corrected chi connectivity index (χ3v) is 4.12. The van der Waals surface area contributed by atoms with Crippen molar-refractivity contribution in [3.63, 3.8) is 0 Å². The zero-order valence-electron chi connectivity index (χ0n) is 13.6. The number of hydrogen-bond acceptors (Lipinski definition) is 4. The summed E-state index contributed by atoms with van der Waals surface area (Å²) in [5.41, 5.74) is 10.5. The lowest BCUT2D eigenvalue weighted by Gasteiger charge is -2.19. The highest BCUT2D eigenvalue weighted by molar-refractivity contribution is 6.21. The predicted molar refractivity (Wildman–Crippen MR) is 91.4 cm³/mol. The summed E-state index contributed by atoms with van der Waals surface area (Å²) in [5.74, 6) is 0.0198. The Morgan fingerprint density at radius 2 is 1.68 bits per heavy atom. The molecule has 1 atom stereocenters. The van der Waals surface area contributed by atoms with Gasteiger partial charge in [0.05, 0.1) is 24.3 Å². The third kappa shape index (κ3) is 3.32. The van der Waals surface area contributed by atoms with Crippen molar-refractivity contribution in [3.8, 4) is 5.75 Å². The monoisotopic (exact) mass is 336 g/mol. The number of benzene rings is 2. The van der Waals surface area contributed by atoms with Crippen molar-refractivity contribution >= 4 is 11.8 Å². The van der Waals surface area contributed by atoms with Crippen LogP contribution in [0.2, 0.25) is 0 Å². The van der Waals surface area contributed by atoms with E-state index in [0.29, 0.717) is 17.5 Å². The van der Waals surface area contributed by atoms with Gasteiger partial charge >= 0.3 is 0 Å². The van der Waals surface area contributed by atoms with Crippen molar-refractivity contribution < 1.29 is 14.3 Å². The standard InChI is InChI=1S/C18H16N4O3/c1-25-14-8-6-12(7-9-14)10-13(20-21-19)11-22-17(23)15-4-2-3-5-16(15)18(22)24/h2-9,13H,10-11H2,1H3/t13-/m0/s1. The molecule has 0 bridgehead atoms. The molecule has 2 amide bonds. The van der Waals surface area contributed by atoms with E-state index in [1.807, 2.05) is 24.3 Å². The van der Waals surface area contributed by atoms with Crippen molar-refractivity contribution in [3.05, 3.63) is 75.7 Å². The summed E-state index contributed by atoms with van der Waals surface area (Å²) >= 11 is 0. The normalized spacial score (nSPS) is 14.0. The van der Waals surface area contributed by atoms with Crippen LogP contribution in [-0.2, 0) is 6.42 Å². The summed E-state index contributed by atoms with van der Waals surface area (Å²) in [7, 11) is 1.58. The number of carbonyl (C=O) groups excluding carboxylic acids is 2. The molecule has 0 radical (unpaired) electrons. The zero-order valence-corrected chi connectivity index (χ0v) is 13.6. The fourth-order valence-electron chi connectivity index (χ4n) is 2.86. The molecule has 126 valence electrons. The van der Waals surface area contributed by atoms with Crippen molar-refractivity contribution in [1.29, 1.82) is 0 Å². The van der Waals surface area contributed by atoms with Gasteiger partial charge in [-0.15, -0.1) is 0 Å². The van der Waals surface area contributed by atoms with Gasteiger partial charge in [0, 0.05) is 11.5 Å². The molecular formula is C18H16N4O3. The van der Waals surface area contributed by atoms with Crippen LogP contribution in [-0.4, -0.2) is 36.4 Å². The summed E-state index contributed by atoms with van der Waals surface area (Å²) in [6.45, 7) is 0.0441. The third-order valence-electron chi connectivity index (χ3n) is 4.12. The van der Waals surface area contributed by atoms with Crippen LogP contribution in [0.4, 0.5) is 0 Å². The molecule has 0 unspecified atom stereocenters. The van der Waals surface area contributed by atoms with Crippen LogP contribution in [0, 0.1) is 0 Å². The van der Waals surface area contributed by atoms with Crippen LogP contribution in [0.25, 0.3) is 10.4 Å². The number of methoxy groups -OCH3 is 1. The Kier molecular flexibility index (Phi) is 4.68. The van der Waals surface area contributed by atoms with E-state index in [-0.39, 0.29) is 18.4 Å². The molecule has 7 nitrogen and oxygen atoms in total. The lowest BCUT2D eigenvalue weighted by Crippen LogP contribution is -2.36. The number of rotatable bonds is 6. The number of fused-ring (bicyclic) bond motifs is 1. The maximum absolute atomic E-state index is 12.4. The molecule has 0 saturated heterocycles. The summed E-state index contributed by atoms with van der Waals surface area (Å²) < 4.78 is 5.11. The van der Waals surface area contributed by atoms with E-state index >= 15 is 0 Å². The molecule has 0 fully saturated rings. The Balaban J connectivity index is 1.77. The maximum Gasteiger partial charge on any atom is 0.261 e.